The van der Waals surface area contributed by atoms with Gasteiger partial charge in [0.2, 0.25) is 5.91 Å². The number of carbonyl (C=O) groups is 2. The van der Waals surface area contributed by atoms with Crippen LogP contribution >= 0.6 is 0 Å². The van der Waals surface area contributed by atoms with Gasteiger partial charge >= 0.3 is 0 Å². The number of carbonyl (C=O) groups excluding carboxylic acids is 2. The third kappa shape index (κ3) is 5.07. The maximum Gasteiger partial charge on any atom is 0.290 e. The molecule has 4 rings (SSSR count). The van der Waals surface area contributed by atoms with Crippen molar-refractivity contribution < 1.29 is 14.3 Å². The summed E-state index contributed by atoms with van der Waals surface area (Å²) in [6.07, 6.45) is 0.0475. The number of rotatable bonds is 6. The van der Waals surface area contributed by atoms with Crippen molar-refractivity contribution in [1.29, 1.82) is 0 Å². The van der Waals surface area contributed by atoms with Crippen molar-refractivity contribution >= 4 is 22.6 Å². The van der Waals surface area contributed by atoms with Gasteiger partial charge in [0.15, 0.2) is 5.69 Å². The zero-order valence-corrected chi connectivity index (χ0v) is 17.9. The monoisotopic (exact) mass is 442 g/mol. The van der Waals surface area contributed by atoms with Gasteiger partial charge in [-0.3, -0.25) is 25.2 Å². The van der Waals surface area contributed by atoms with E-state index in [0.717, 1.165) is 5.56 Å². The Morgan fingerprint density at radius 3 is 2.39 bits per heavy atom. The topological polar surface area (TPSA) is 102 Å². The highest BCUT2D eigenvalue weighted by molar-refractivity contribution is 6.05. The van der Waals surface area contributed by atoms with E-state index in [1.807, 2.05) is 37.3 Å². The van der Waals surface area contributed by atoms with Crippen molar-refractivity contribution in [1.82, 2.24) is 20.6 Å². The molecule has 0 saturated carbocycles. The van der Waals surface area contributed by atoms with Crippen LogP contribution < -0.4 is 21.1 Å². The molecule has 3 aromatic carbocycles. The molecule has 166 valence electrons. The number of hydrazine groups is 1. The lowest BCUT2D eigenvalue weighted by Crippen LogP contribution is -2.43. The highest BCUT2D eigenvalue weighted by Gasteiger charge is 2.18. The fraction of sp³-hybridized carbons (Fsp3) is 0.120. The fourth-order valence-electron chi connectivity index (χ4n) is 3.32. The molecule has 0 fully saturated rings. The highest BCUT2D eigenvalue weighted by Crippen LogP contribution is 2.15. The first kappa shape index (κ1) is 21.8. The van der Waals surface area contributed by atoms with Crippen LogP contribution in [0, 0.1) is 6.92 Å². The summed E-state index contributed by atoms with van der Waals surface area (Å²) in [5.74, 6) is -0.383. The van der Waals surface area contributed by atoms with Crippen LogP contribution in [0.4, 0.5) is 0 Å². The molecule has 4 aromatic rings. The molecule has 0 aliphatic heterocycles. The molecular formula is C25H22N4O4. The number of aromatic nitrogens is 2. The number of benzene rings is 3. The molecule has 33 heavy (non-hydrogen) atoms. The van der Waals surface area contributed by atoms with E-state index < -0.39 is 11.8 Å². The van der Waals surface area contributed by atoms with Crippen molar-refractivity contribution in [2.45, 2.75) is 13.3 Å². The van der Waals surface area contributed by atoms with Crippen LogP contribution in [-0.2, 0) is 4.79 Å². The van der Waals surface area contributed by atoms with Gasteiger partial charge in [-0.05, 0) is 42.8 Å². The first-order valence-corrected chi connectivity index (χ1v) is 10.4. The van der Waals surface area contributed by atoms with Gasteiger partial charge in [-0.2, -0.15) is 9.78 Å². The van der Waals surface area contributed by atoms with Gasteiger partial charge in [-0.15, -0.1) is 0 Å². The summed E-state index contributed by atoms with van der Waals surface area (Å²) >= 11 is 0. The van der Waals surface area contributed by atoms with Gasteiger partial charge in [0.1, 0.15) is 5.75 Å². The molecule has 0 saturated heterocycles. The summed E-state index contributed by atoms with van der Waals surface area (Å²) in [6.45, 7) is 2.11. The van der Waals surface area contributed by atoms with Crippen LogP contribution in [-0.4, -0.2) is 28.2 Å². The number of hydrogen-bond acceptors (Lipinski definition) is 5. The Labute approximate surface area is 189 Å². The molecule has 0 aliphatic rings. The van der Waals surface area contributed by atoms with E-state index >= 15 is 0 Å². The summed E-state index contributed by atoms with van der Waals surface area (Å²) in [7, 11) is 0. The van der Waals surface area contributed by atoms with Crippen LogP contribution in [0.2, 0.25) is 0 Å². The molecule has 0 aliphatic carbocycles. The summed E-state index contributed by atoms with van der Waals surface area (Å²) in [5, 5.41) is 5.01. The van der Waals surface area contributed by atoms with Gasteiger partial charge in [0.05, 0.1) is 24.1 Å². The number of para-hydroxylation sites is 1. The Bertz CT molecular complexity index is 1370. The van der Waals surface area contributed by atoms with Crippen LogP contribution in [0.15, 0.2) is 83.7 Å². The van der Waals surface area contributed by atoms with E-state index in [9.17, 15) is 14.4 Å². The molecule has 1 heterocycles. The van der Waals surface area contributed by atoms with E-state index in [2.05, 4.69) is 16.0 Å². The zero-order chi connectivity index (χ0) is 23.2. The molecule has 8 nitrogen and oxygen atoms in total. The van der Waals surface area contributed by atoms with E-state index in [1.165, 1.54) is 4.68 Å². The van der Waals surface area contributed by atoms with Gasteiger partial charge in [-0.1, -0.05) is 48.5 Å². The second-order valence-corrected chi connectivity index (χ2v) is 7.36. The normalized spacial score (nSPS) is 10.6. The van der Waals surface area contributed by atoms with Gasteiger partial charge in [-0.25, -0.2) is 0 Å². The SMILES string of the molecule is Cc1cccc(OCCC(=O)NNC(=O)c2nn(-c3ccccc3)c(=O)c3ccccc23)c1. The second kappa shape index (κ2) is 9.78. The number of amides is 2. The third-order valence-corrected chi connectivity index (χ3v) is 4.92. The van der Waals surface area contributed by atoms with Crippen LogP contribution in [0.25, 0.3) is 16.5 Å². The van der Waals surface area contributed by atoms with E-state index in [-0.39, 0.29) is 24.3 Å². The number of hydrogen-bond donors (Lipinski definition) is 2. The smallest absolute Gasteiger partial charge is 0.290 e. The number of aryl methyl sites for hydroxylation is 1. The Kier molecular flexibility index (Phi) is 6.45. The van der Waals surface area contributed by atoms with E-state index in [0.29, 0.717) is 22.2 Å². The Morgan fingerprint density at radius 2 is 1.64 bits per heavy atom. The number of fused-ring (bicyclic) bond motifs is 1. The number of nitrogens with one attached hydrogen (secondary N) is 2. The Hall–Kier alpha value is -4.46. The van der Waals surface area contributed by atoms with Crippen molar-refractivity contribution in [2.75, 3.05) is 6.61 Å². The standard InChI is InChI=1S/C25H22N4O4/c1-17-8-7-11-19(16-17)33-15-14-22(30)26-27-24(31)23-20-12-5-6-13-21(20)25(32)29(28-23)18-9-3-2-4-10-18/h2-13,16H,14-15H2,1H3,(H,26,30)(H,27,31). The van der Waals surface area contributed by atoms with Crippen molar-refractivity contribution in [2.24, 2.45) is 0 Å². The van der Waals surface area contributed by atoms with E-state index in [4.69, 9.17) is 4.74 Å². The maximum atomic E-state index is 12.9. The quantitative estimate of drug-likeness (QED) is 0.447. The molecular weight excluding hydrogens is 420 g/mol. The molecule has 0 bridgehead atoms. The van der Waals surface area contributed by atoms with Crippen molar-refractivity contribution in [3.8, 4) is 11.4 Å². The molecule has 0 unspecified atom stereocenters. The van der Waals surface area contributed by atoms with Crippen LogP contribution in [0.3, 0.4) is 0 Å². The van der Waals surface area contributed by atoms with Crippen molar-refractivity contribution in [3.05, 3.63) is 100 Å². The number of nitrogens with zero attached hydrogens (tertiary/aromatic N) is 2. The third-order valence-electron chi connectivity index (χ3n) is 4.92. The molecule has 8 heteroatoms. The largest absolute Gasteiger partial charge is 0.493 e. The molecule has 0 atom stereocenters. The summed E-state index contributed by atoms with van der Waals surface area (Å²) in [6, 6.07) is 23.0. The maximum absolute atomic E-state index is 12.9. The second-order valence-electron chi connectivity index (χ2n) is 7.36. The molecule has 2 amide bonds. The van der Waals surface area contributed by atoms with Gasteiger partial charge < -0.3 is 4.74 Å². The lowest BCUT2D eigenvalue weighted by Gasteiger charge is -2.12. The molecule has 0 spiro atoms. The minimum atomic E-state index is -0.635. The highest BCUT2D eigenvalue weighted by atomic mass is 16.5. The first-order valence-electron chi connectivity index (χ1n) is 10.4. The molecule has 2 N–H and O–H groups in total. The van der Waals surface area contributed by atoms with Crippen molar-refractivity contribution in [3.63, 3.8) is 0 Å². The Morgan fingerprint density at radius 1 is 0.909 bits per heavy atom. The Balaban J connectivity index is 1.47. The van der Waals surface area contributed by atoms with Crippen LogP contribution in [0.5, 0.6) is 5.75 Å². The molecule has 1 aromatic heterocycles. The number of ether oxygens (including phenoxy) is 1. The predicted molar refractivity (Wildman–Crippen MR) is 124 cm³/mol. The minimum absolute atomic E-state index is 0.0189. The lowest BCUT2D eigenvalue weighted by atomic mass is 10.1. The van der Waals surface area contributed by atoms with E-state index in [1.54, 1.807) is 48.5 Å². The van der Waals surface area contributed by atoms with Gasteiger partial charge in [0, 0.05) is 5.39 Å². The minimum Gasteiger partial charge on any atom is -0.493 e. The average Bonchev–Trinajstić information content (AvgIpc) is 2.83. The van der Waals surface area contributed by atoms with Gasteiger partial charge in [0.25, 0.3) is 11.5 Å². The average molecular weight is 442 g/mol. The zero-order valence-electron chi connectivity index (χ0n) is 17.9. The van der Waals surface area contributed by atoms with Crippen LogP contribution in [0.1, 0.15) is 22.5 Å². The predicted octanol–water partition coefficient (Wildman–Crippen LogP) is 2.92. The molecule has 0 radical (unpaired) electrons. The summed E-state index contributed by atoms with van der Waals surface area (Å²) in [4.78, 5) is 37.9. The summed E-state index contributed by atoms with van der Waals surface area (Å²) < 4.78 is 6.74. The first-order chi connectivity index (χ1) is 16.0. The lowest BCUT2D eigenvalue weighted by molar-refractivity contribution is -0.122. The summed E-state index contributed by atoms with van der Waals surface area (Å²) in [5.41, 5.74) is 6.01. The fourth-order valence-corrected chi connectivity index (χ4v) is 3.32.